The Labute approximate surface area is 113 Å². The molecule has 0 amide bonds. The number of aryl methyl sites for hydroxylation is 1. The second kappa shape index (κ2) is 4.78. The van der Waals surface area contributed by atoms with Crippen molar-refractivity contribution in [2.75, 3.05) is 18.5 Å². The van der Waals surface area contributed by atoms with Crippen LogP contribution in [0.2, 0.25) is 0 Å². The molecule has 2 aromatic rings. The summed E-state index contributed by atoms with van der Waals surface area (Å²) in [7, 11) is 2.05. The van der Waals surface area contributed by atoms with Crippen molar-refractivity contribution in [1.82, 2.24) is 10.2 Å². The lowest BCUT2D eigenvalue weighted by Gasteiger charge is -2.34. The highest BCUT2D eigenvalue weighted by Crippen LogP contribution is 2.30. The number of hydrogen-bond acceptors (Lipinski definition) is 4. The number of aromatic nitrogens is 2. The largest absolute Gasteiger partial charge is 0.393 e. The molecule has 1 heterocycles. The maximum Gasteiger partial charge on any atom is 0.158 e. The molecule has 0 saturated heterocycles. The fraction of sp³-hybridized carbons (Fsp3) is 0.467. The van der Waals surface area contributed by atoms with Crippen LogP contribution in [0.4, 0.5) is 5.82 Å². The van der Waals surface area contributed by atoms with Gasteiger partial charge in [-0.1, -0.05) is 24.3 Å². The van der Waals surface area contributed by atoms with Crippen molar-refractivity contribution in [3.05, 3.63) is 30.0 Å². The zero-order valence-electron chi connectivity index (χ0n) is 11.4. The Hall–Kier alpha value is -1.68. The maximum atomic E-state index is 9.36. The van der Waals surface area contributed by atoms with Gasteiger partial charge in [-0.3, -0.25) is 0 Å². The van der Waals surface area contributed by atoms with Crippen molar-refractivity contribution >= 4 is 16.6 Å². The molecule has 19 heavy (non-hydrogen) atoms. The van der Waals surface area contributed by atoms with Gasteiger partial charge in [0.25, 0.3) is 0 Å². The van der Waals surface area contributed by atoms with E-state index in [1.54, 1.807) is 0 Å². The number of hydrogen-bond donors (Lipinski definition) is 1. The van der Waals surface area contributed by atoms with E-state index in [0.29, 0.717) is 5.92 Å². The molecule has 0 unspecified atom stereocenters. The summed E-state index contributed by atoms with van der Waals surface area (Å²) >= 11 is 0. The summed E-state index contributed by atoms with van der Waals surface area (Å²) in [6, 6.07) is 8.25. The van der Waals surface area contributed by atoms with E-state index in [-0.39, 0.29) is 6.10 Å². The van der Waals surface area contributed by atoms with E-state index in [9.17, 15) is 5.11 Å². The molecule has 1 aliphatic carbocycles. The first-order valence-electron chi connectivity index (χ1n) is 6.76. The first kappa shape index (κ1) is 12.4. The second-order valence-corrected chi connectivity index (χ2v) is 5.53. The molecule has 0 bridgehead atoms. The zero-order chi connectivity index (χ0) is 13.4. The number of aliphatic hydroxyl groups excluding tert-OH is 1. The van der Waals surface area contributed by atoms with Crippen LogP contribution in [-0.4, -0.2) is 35.0 Å². The molecule has 1 aromatic heterocycles. The van der Waals surface area contributed by atoms with Crippen LogP contribution < -0.4 is 4.90 Å². The highest BCUT2D eigenvalue weighted by molar-refractivity contribution is 5.93. The van der Waals surface area contributed by atoms with E-state index in [1.807, 2.05) is 19.1 Å². The fourth-order valence-corrected chi connectivity index (χ4v) is 2.83. The molecule has 1 N–H and O–H groups in total. The van der Waals surface area contributed by atoms with Gasteiger partial charge in [-0.25, -0.2) is 0 Å². The summed E-state index contributed by atoms with van der Waals surface area (Å²) in [6.45, 7) is 2.92. The zero-order valence-corrected chi connectivity index (χ0v) is 11.4. The molecule has 0 spiro atoms. The lowest BCUT2D eigenvalue weighted by molar-refractivity contribution is 0.0464. The molecule has 100 valence electrons. The Balaban J connectivity index is 1.89. The minimum absolute atomic E-state index is 0.0979. The molecular weight excluding hydrogens is 238 g/mol. The topological polar surface area (TPSA) is 49.2 Å². The SMILES string of the molecule is Cc1nnc(N(C)CC2CC(O)C2)c2ccccc12. The van der Waals surface area contributed by atoms with E-state index >= 15 is 0 Å². The molecule has 0 atom stereocenters. The van der Waals surface area contributed by atoms with E-state index < -0.39 is 0 Å². The highest BCUT2D eigenvalue weighted by Gasteiger charge is 2.28. The van der Waals surface area contributed by atoms with Crippen molar-refractivity contribution in [2.24, 2.45) is 5.92 Å². The van der Waals surface area contributed by atoms with Crippen LogP contribution in [-0.2, 0) is 0 Å². The smallest absolute Gasteiger partial charge is 0.158 e. The maximum absolute atomic E-state index is 9.36. The fourth-order valence-electron chi connectivity index (χ4n) is 2.83. The minimum atomic E-state index is -0.0979. The number of benzene rings is 1. The first-order chi connectivity index (χ1) is 9.15. The Kier molecular flexibility index (Phi) is 3.11. The Morgan fingerprint density at radius 2 is 1.89 bits per heavy atom. The van der Waals surface area contributed by atoms with E-state index in [0.717, 1.165) is 41.7 Å². The number of anilines is 1. The van der Waals surface area contributed by atoms with Gasteiger partial charge in [-0.15, -0.1) is 5.10 Å². The van der Waals surface area contributed by atoms with Crippen molar-refractivity contribution in [3.63, 3.8) is 0 Å². The Morgan fingerprint density at radius 3 is 2.58 bits per heavy atom. The Morgan fingerprint density at radius 1 is 1.21 bits per heavy atom. The summed E-state index contributed by atoms with van der Waals surface area (Å²) in [4.78, 5) is 2.16. The molecule has 3 rings (SSSR count). The summed E-state index contributed by atoms with van der Waals surface area (Å²) < 4.78 is 0. The van der Waals surface area contributed by atoms with Gasteiger partial charge in [0.2, 0.25) is 0 Å². The number of rotatable bonds is 3. The standard InChI is InChI=1S/C15H19N3O/c1-10-13-5-3-4-6-14(13)15(17-16-10)18(2)9-11-7-12(19)8-11/h3-6,11-12,19H,7-9H2,1-2H3. The molecule has 1 aliphatic rings. The van der Waals surface area contributed by atoms with Gasteiger partial charge < -0.3 is 10.0 Å². The van der Waals surface area contributed by atoms with Crippen LogP contribution in [0.15, 0.2) is 24.3 Å². The van der Waals surface area contributed by atoms with Gasteiger partial charge in [0.15, 0.2) is 5.82 Å². The molecule has 4 nitrogen and oxygen atoms in total. The second-order valence-electron chi connectivity index (χ2n) is 5.53. The summed E-state index contributed by atoms with van der Waals surface area (Å²) in [6.07, 6.45) is 1.71. The number of nitrogens with zero attached hydrogens (tertiary/aromatic N) is 3. The molecule has 1 fully saturated rings. The third-order valence-corrected chi connectivity index (χ3v) is 3.96. The lowest BCUT2D eigenvalue weighted by Crippen LogP contribution is -2.37. The van der Waals surface area contributed by atoms with Crippen LogP contribution in [0, 0.1) is 12.8 Å². The molecule has 1 saturated carbocycles. The predicted molar refractivity (Wildman–Crippen MR) is 76.3 cm³/mol. The van der Waals surface area contributed by atoms with Crippen molar-refractivity contribution in [3.8, 4) is 0 Å². The van der Waals surface area contributed by atoms with Crippen LogP contribution in [0.5, 0.6) is 0 Å². The predicted octanol–water partition coefficient (Wildman–Crippen LogP) is 2.15. The average molecular weight is 257 g/mol. The van der Waals surface area contributed by atoms with Gasteiger partial charge in [-0.05, 0) is 25.7 Å². The highest BCUT2D eigenvalue weighted by atomic mass is 16.3. The summed E-state index contributed by atoms with van der Waals surface area (Å²) in [5.41, 5.74) is 0.965. The first-order valence-corrected chi connectivity index (χ1v) is 6.76. The molecule has 1 aromatic carbocycles. The van der Waals surface area contributed by atoms with Gasteiger partial charge in [0.1, 0.15) is 0 Å². The van der Waals surface area contributed by atoms with Crippen molar-refractivity contribution in [2.45, 2.75) is 25.9 Å². The third kappa shape index (κ3) is 2.28. The van der Waals surface area contributed by atoms with E-state index in [4.69, 9.17) is 0 Å². The normalized spacial score (nSPS) is 22.3. The quantitative estimate of drug-likeness (QED) is 0.915. The minimum Gasteiger partial charge on any atom is -0.393 e. The van der Waals surface area contributed by atoms with Gasteiger partial charge in [-0.2, -0.15) is 5.10 Å². The average Bonchev–Trinajstić information content (AvgIpc) is 2.37. The van der Waals surface area contributed by atoms with Crippen LogP contribution >= 0.6 is 0 Å². The molecule has 0 aliphatic heterocycles. The molecular formula is C15H19N3O. The van der Waals surface area contributed by atoms with Crippen LogP contribution in [0.1, 0.15) is 18.5 Å². The molecule has 0 radical (unpaired) electrons. The molecule has 4 heteroatoms. The van der Waals surface area contributed by atoms with Crippen LogP contribution in [0.25, 0.3) is 10.8 Å². The lowest BCUT2D eigenvalue weighted by atomic mass is 9.82. The third-order valence-electron chi connectivity index (χ3n) is 3.96. The number of fused-ring (bicyclic) bond motifs is 1. The monoisotopic (exact) mass is 257 g/mol. The van der Waals surface area contributed by atoms with Crippen molar-refractivity contribution < 1.29 is 5.11 Å². The van der Waals surface area contributed by atoms with Gasteiger partial charge in [0, 0.05) is 24.4 Å². The number of aliphatic hydroxyl groups is 1. The Bertz CT molecular complexity index is 593. The van der Waals surface area contributed by atoms with Gasteiger partial charge >= 0.3 is 0 Å². The summed E-state index contributed by atoms with van der Waals surface area (Å²) in [5, 5.41) is 20.3. The summed E-state index contributed by atoms with van der Waals surface area (Å²) in [5.74, 6) is 1.50. The van der Waals surface area contributed by atoms with Crippen molar-refractivity contribution in [1.29, 1.82) is 0 Å². The van der Waals surface area contributed by atoms with Crippen LogP contribution in [0.3, 0.4) is 0 Å². The van der Waals surface area contributed by atoms with Gasteiger partial charge in [0.05, 0.1) is 11.8 Å². The van der Waals surface area contributed by atoms with E-state index in [2.05, 4.69) is 34.3 Å². The van der Waals surface area contributed by atoms with E-state index in [1.165, 1.54) is 0 Å².